The van der Waals surface area contributed by atoms with Crippen LogP contribution in [-0.2, 0) is 14.2 Å². The van der Waals surface area contributed by atoms with Gasteiger partial charge in [0.05, 0.1) is 45.7 Å². The molecule has 0 saturated heterocycles. The third kappa shape index (κ3) is 10.3. The number of aliphatic hydroxyl groups is 2. The number of hydrogen-bond acceptors (Lipinski definition) is 6. The molecule has 1 atom stereocenters. The first kappa shape index (κ1) is 15.8. The molecule has 16 heavy (non-hydrogen) atoms. The molecule has 0 aliphatic carbocycles. The number of methoxy groups -OCH3 is 1. The van der Waals surface area contributed by atoms with Crippen molar-refractivity contribution in [2.45, 2.75) is 6.10 Å². The van der Waals surface area contributed by atoms with Crippen molar-refractivity contribution in [3.8, 4) is 0 Å². The molecule has 0 rings (SSSR count). The lowest BCUT2D eigenvalue weighted by molar-refractivity contribution is -0.00359. The Morgan fingerprint density at radius 3 is 2.56 bits per heavy atom. The predicted molar refractivity (Wildman–Crippen MR) is 59.5 cm³/mol. The second-order valence-electron chi connectivity index (χ2n) is 3.21. The van der Waals surface area contributed by atoms with Crippen LogP contribution in [0.5, 0.6) is 0 Å². The molecule has 0 aromatic heterocycles. The van der Waals surface area contributed by atoms with Crippen molar-refractivity contribution in [1.82, 2.24) is 5.32 Å². The molecule has 0 fully saturated rings. The van der Waals surface area contributed by atoms with Crippen molar-refractivity contribution >= 4 is 0 Å². The van der Waals surface area contributed by atoms with E-state index in [-0.39, 0.29) is 25.9 Å². The van der Waals surface area contributed by atoms with E-state index in [2.05, 4.69) is 5.32 Å². The first-order valence-electron chi connectivity index (χ1n) is 5.45. The Morgan fingerprint density at radius 2 is 1.94 bits per heavy atom. The van der Waals surface area contributed by atoms with Crippen molar-refractivity contribution < 1.29 is 24.4 Å². The highest BCUT2D eigenvalue weighted by Gasteiger charge is 2.05. The molecule has 6 nitrogen and oxygen atoms in total. The van der Waals surface area contributed by atoms with Crippen LogP contribution in [0.25, 0.3) is 0 Å². The largest absolute Gasteiger partial charge is 0.394 e. The topological polar surface area (TPSA) is 80.2 Å². The molecule has 6 heteroatoms. The standard InChI is InChI=1S/C10H23NO5/c1-14-6-7-15-4-2-11-8-10(9-13)16-5-3-12/h10-13H,2-9H2,1H3. The molecular weight excluding hydrogens is 214 g/mol. The zero-order valence-electron chi connectivity index (χ0n) is 9.85. The van der Waals surface area contributed by atoms with Gasteiger partial charge in [0.25, 0.3) is 0 Å². The molecule has 0 heterocycles. The van der Waals surface area contributed by atoms with Crippen LogP contribution in [0.1, 0.15) is 0 Å². The Bertz CT molecular complexity index is 136. The van der Waals surface area contributed by atoms with Crippen LogP contribution in [0.2, 0.25) is 0 Å². The van der Waals surface area contributed by atoms with Gasteiger partial charge in [0.1, 0.15) is 0 Å². The van der Waals surface area contributed by atoms with Crippen LogP contribution in [0, 0.1) is 0 Å². The molecule has 0 spiro atoms. The van der Waals surface area contributed by atoms with Crippen LogP contribution in [0.4, 0.5) is 0 Å². The van der Waals surface area contributed by atoms with Gasteiger partial charge in [-0.25, -0.2) is 0 Å². The van der Waals surface area contributed by atoms with Crippen molar-refractivity contribution in [1.29, 1.82) is 0 Å². The number of hydrogen-bond donors (Lipinski definition) is 3. The van der Waals surface area contributed by atoms with Gasteiger partial charge in [-0.3, -0.25) is 0 Å². The van der Waals surface area contributed by atoms with Crippen LogP contribution in [0.3, 0.4) is 0 Å². The Labute approximate surface area is 96.5 Å². The summed E-state index contributed by atoms with van der Waals surface area (Å²) in [6.07, 6.45) is -0.272. The molecule has 0 radical (unpaired) electrons. The summed E-state index contributed by atoms with van der Waals surface area (Å²) in [5, 5.41) is 20.6. The number of rotatable bonds is 12. The fourth-order valence-electron chi connectivity index (χ4n) is 1.05. The van der Waals surface area contributed by atoms with Crippen LogP contribution < -0.4 is 5.32 Å². The van der Waals surface area contributed by atoms with E-state index in [1.54, 1.807) is 7.11 Å². The Morgan fingerprint density at radius 1 is 1.12 bits per heavy atom. The number of aliphatic hydroxyl groups excluding tert-OH is 2. The molecule has 0 bridgehead atoms. The van der Waals surface area contributed by atoms with E-state index < -0.39 is 0 Å². The quantitative estimate of drug-likeness (QED) is 0.363. The Kier molecular flexibility index (Phi) is 12.6. The lowest BCUT2D eigenvalue weighted by atomic mass is 10.3. The van der Waals surface area contributed by atoms with Gasteiger partial charge in [-0.1, -0.05) is 0 Å². The van der Waals surface area contributed by atoms with Crippen LogP contribution in [-0.4, -0.2) is 76.2 Å². The van der Waals surface area contributed by atoms with Crippen LogP contribution in [0.15, 0.2) is 0 Å². The molecular formula is C10H23NO5. The lowest BCUT2D eigenvalue weighted by Crippen LogP contribution is -2.34. The molecule has 3 N–H and O–H groups in total. The summed E-state index contributed by atoms with van der Waals surface area (Å²) in [5.41, 5.74) is 0. The van der Waals surface area contributed by atoms with E-state index >= 15 is 0 Å². The Hall–Kier alpha value is -0.240. The van der Waals surface area contributed by atoms with E-state index in [9.17, 15) is 0 Å². The third-order valence-electron chi connectivity index (χ3n) is 1.88. The maximum atomic E-state index is 8.93. The molecule has 0 aromatic carbocycles. The smallest absolute Gasteiger partial charge is 0.0930 e. The van der Waals surface area contributed by atoms with E-state index in [1.807, 2.05) is 0 Å². The zero-order valence-corrected chi connectivity index (χ0v) is 9.85. The van der Waals surface area contributed by atoms with Gasteiger partial charge in [0, 0.05) is 20.2 Å². The van der Waals surface area contributed by atoms with Gasteiger partial charge in [0.15, 0.2) is 0 Å². The van der Waals surface area contributed by atoms with Crippen molar-refractivity contribution in [2.75, 3.05) is 59.8 Å². The average molecular weight is 237 g/mol. The fourth-order valence-corrected chi connectivity index (χ4v) is 1.05. The molecule has 0 aliphatic rings. The van der Waals surface area contributed by atoms with Gasteiger partial charge in [-0.2, -0.15) is 0 Å². The van der Waals surface area contributed by atoms with E-state index in [0.29, 0.717) is 32.9 Å². The van der Waals surface area contributed by atoms with E-state index in [1.165, 1.54) is 0 Å². The molecule has 0 saturated carbocycles. The molecule has 1 unspecified atom stereocenters. The molecule has 0 amide bonds. The third-order valence-corrected chi connectivity index (χ3v) is 1.88. The normalized spacial score (nSPS) is 12.9. The molecule has 0 aliphatic heterocycles. The summed E-state index contributed by atoms with van der Waals surface area (Å²) in [4.78, 5) is 0. The highest BCUT2D eigenvalue weighted by Crippen LogP contribution is 1.88. The van der Waals surface area contributed by atoms with Gasteiger partial charge in [0.2, 0.25) is 0 Å². The lowest BCUT2D eigenvalue weighted by Gasteiger charge is -2.15. The summed E-state index contributed by atoms with van der Waals surface area (Å²) in [5.74, 6) is 0. The van der Waals surface area contributed by atoms with E-state index in [4.69, 9.17) is 24.4 Å². The van der Waals surface area contributed by atoms with Crippen LogP contribution >= 0.6 is 0 Å². The monoisotopic (exact) mass is 237 g/mol. The highest BCUT2D eigenvalue weighted by atomic mass is 16.5. The Balaban J connectivity index is 3.20. The number of nitrogens with one attached hydrogen (secondary N) is 1. The van der Waals surface area contributed by atoms with Crippen molar-refractivity contribution in [2.24, 2.45) is 0 Å². The SMILES string of the molecule is COCCOCCNCC(CO)OCCO. The van der Waals surface area contributed by atoms with Gasteiger partial charge in [-0.15, -0.1) is 0 Å². The average Bonchev–Trinajstić information content (AvgIpc) is 2.32. The fraction of sp³-hybridized carbons (Fsp3) is 1.00. The minimum atomic E-state index is -0.272. The van der Waals surface area contributed by atoms with Gasteiger partial charge < -0.3 is 29.7 Å². The highest BCUT2D eigenvalue weighted by molar-refractivity contribution is 4.59. The second-order valence-corrected chi connectivity index (χ2v) is 3.21. The predicted octanol–water partition coefficient (Wildman–Crippen LogP) is -1.39. The number of ether oxygens (including phenoxy) is 3. The summed E-state index contributed by atoms with van der Waals surface area (Å²) in [6, 6.07) is 0. The summed E-state index contributed by atoms with van der Waals surface area (Å²) < 4.78 is 15.2. The van der Waals surface area contributed by atoms with Gasteiger partial charge >= 0.3 is 0 Å². The summed E-state index contributed by atoms with van der Waals surface area (Å²) in [6.45, 7) is 3.18. The summed E-state index contributed by atoms with van der Waals surface area (Å²) >= 11 is 0. The second kappa shape index (κ2) is 12.8. The van der Waals surface area contributed by atoms with Crippen molar-refractivity contribution in [3.05, 3.63) is 0 Å². The first-order valence-corrected chi connectivity index (χ1v) is 5.45. The molecule has 98 valence electrons. The zero-order chi connectivity index (χ0) is 12.1. The van der Waals surface area contributed by atoms with E-state index in [0.717, 1.165) is 0 Å². The maximum Gasteiger partial charge on any atom is 0.0930 e. The molecule has 0 aromatic rings. The summed E-state index contributed by atoms with van der Waals surface area (Å²) in [7, 11) is 1.63. The minimum Gasteiger partial charge on any atom is -0.394 e. The minimum absolute atomic E-state index is 0.0311. The van der Waals surface area contributed by atoms with Gasteiger partial charge in [-0.05, 0) is 0 Å². The van der Waals surface area contributed by atoms with Crippen molar-refractivity contribution in [3.63, 3.8) is 0 Å². The first-order chi connectivity index (χ1) is 7.85. The maximum absolute atomic E-state index is 8.93.